The van der Waals surface area contributed by atoms with Crippen molar-refractivity contribution < 1.29 is 0 Å². The van der Waals surface area contributed by atoms with Crippen LogP contribution in [0.3, 0.4) is 0 Å². The Kier molecular flexibility index (Phi) is 2.90. The van der Waals surface area contributed by atoms with Gasteiger partial charge in [0.15, 0.2) is 0 Å². The fraction of sp³-hybridized carbons (Fsp3) is 0. The van der Waals surface area contributed by atoms with Crippen molar-refractivity contribution >= 4 is 15.9 Å². The molecule has 2 aromatic heterocycles. The maximum atomic E-state index is 4.42. The molecule has 0 aliphatic rings. The zero-order valence-electron chi connectivity index (χ0n) is 9.36. The fourth-order valence-electron chi connectivity index (χ4n) is 1.72. The second kappa shape index (κ2) is 4.70. The van der Waals surface area contributed by atoms with E-state index in [2.05, 4.69) is 31.2 Å². The maximum Gasteiger partial charge on any atom is 0.113 e. The van der Waals surface area contributed by atoms with Crippen LogP contribution in [0.5, 0.6) is 0 Å². The Bertz CT molecular complexity index is 664. The van der Waals surface area contributed by atoms with Crippen molar-refractivity contribution in [2.75, 3.05) is 0 Å². The number of aromatic nitrogens is 4. The summed E-state index contributed by atoms with van der Waals surface area (Å²) in [6.07, 6.45) is 1.71. The van der Waals surface area contributed by atoms with Gasteiger partial charge in [0.05, 0.1) is 17.6 Å². The quantitative estimate of drug-likeness (QED) is 0.683. The third kappa shape index (κ3) is 2.04. The summed E-state index contributed by atoms with van der Waals surface area (Å²) < 4.78 is 2.57. The van der Waals surface area contributed by atoms with E-state index in [0.29, 0.717) is 0 Å². The molecule has 3 rings (SSSR count). The molecule has 0 radical (unpaired) electrons. The number of hydrogen-bond acceptors (Lipinski definition) is 3. The number of benzene rings is 1. The van der Waals surface area contributed by atoms with E-state index < -0.39 is 0 Å². The predicted molar refractivity (Wildman–Crippen MR) is 72.3 cm³/mol. The lowest BCUT2D eigenvalue weighted by Gasteiger charge is -2.05. The maximum absolute atomic E-state index is 4.42. The highest BCUT2D eigenvalue weighted by Crippen LogP contribution is 2.20. The molecule has 2 heterocycles. The highest BCUT2D eigenvalue weighted by Gasteiger charge is 2.09. The first-order valence-electron chi connectivity index (χ1n) is 5.43. The molecule has 0 N–H and O–H groups in total. The summed E-state index contributed by atoms with van der Waals surface area (Å²) in [5.74, 6) is 0. The van der Waals surface area contributed by atoms with Gasteiger partial charge in [0.2, 0.25) is 0 Å². The van der Waals surface area contributed by atoms with Crippen molar-refractivity contribution in [2.45, 2.75) is 0 Å². The lowest BCUT2D eigenvalue weighted by molar-refractivity contribution is 0.806. The zero-order valence-corrected chi connectivity index (χ0v) is 10.9. The van der Waals surface area contributed by atoms with Gasteiger partial charge >= 0.3 is 0 Å². The molecule has 4 nitrogen and oxygen atoms in total. The molecule has 88 valence electrons. The van der Waals surface area contributed by atoms with E-state index in [1.807, 2.05) is 48.5 Å². The Morgan fingerprint density at radius 1 is 0.944 bits per heavy atom. The Morgan fingerprint density at radius 2 is 1.78 bits per heavy atom. The van der Waals surface area contributed by atoms with Gasteiger partial charge in [0.25, 0.3) is 0 Å². The van der Waals surface area contributed by atoms with Crippen LogP contribution in [0.1, 0.15) is 0 Å². The number of nitrogens with zero attached hydrogens (tertiary/aromatic N) is 4. The fourth-order valence-corrected chi connectivity index (χ4v) is 2.06. The number of pyridine rings is 1. The average molecular weight is 301 g/mol. The van der Waals surface area contributed by atoms with Gasteiger partial charge in [-0.3, -0.25) is 0 Å². The van der Waals surface area contributed by atoms with Crippen LogP contribution in [0.15, 0.2) is 59.3 Å². The largest absolute Gasteiger partial charge is 0.239 e. The van der Waals surface area contributed by atoms with Crippen LogP contribution in [-0.2, 0) is 0 Å². The number of hydrogen-bond donors (Lipinski definition) is 0. The van der Waals surface area contributed by atoms with Crippen molar-refractivity contribution in [3.63, 3.8) is 0 Å². The van der Waals surface area contributed by atoms with E-state index in [0.717, 1.165) is 21.7 Å². The van der Waals surface area contributed by atoms with Gasteiger partial charge in [0.1, 0.15) is 10.3 Å². The minimum atomic E-state index is 0.792. The highest BCUT2D eigenvalue weighted by molar-refractivity contribution is 9.10. The standard InChI is InChI=1S/C13H9BrN4/c14-13-8-4-7-11(16-13)12-9-15-17-18(12)10-5-2-1-3-6-10/h1-9H. The van der Waals surface area contributed by atoms with Crippen LogP contribution in [0.4, 0.5) is 0 Å². The second-order valence-corrected chi connectivity index (χ2v) is 4.52. The highest BCUT2D eigenvalue weighted by atomic mass is 79.9. The first kappa shape index (κ1) is 11.1. The zero-order chi connectivity index (χ0) is 12.4. The first-order chi connectivity index (χ1) is 8.84. The summed E-state index contributed by atoms with van der Waals surface area (Å²) in [5.41, 5.74) is 2.66. The van der Waals surface area contributed by atoms with Crippen LogP contribution >= 0.6 is 15.9 Å². The van der Waals surface area contributed by atoms with Crippen LogP contribution in [0.2, 0.25) is 0 Å². The van der Waals surface area contributed by atoms with E-state index in [-0.39, 0.29) is 0 Å². The van der Waals surface area contributed by atoms with Gasteiger partial charge in [-0.1, -0.05) is 29.5 Å². The van der Waals surface area contributed by atoms with Crippen LogP contribution < -0.4 is 0 Å². The molecule has 0 aliphatic heterocycles. The molecule has 0 fully saturated rings. The number of halogens is 1. The van der Waals surface area contributed by atoms with Gasteiger partial charge in [-0.25, -0.2) is 9.67 Å². The summed E-state index contributed by atoms with van der Waals surface area (Å²) in [4.78, 5) is 4.42. The van der Waals surface area contributed by atoms with Crippen molar-refractivity contribution in [3.8, 4) is 17.1 Å². The average Bonchev–Trinajstić information content (AvgIpc) is 2.89. The third-order valence-electron chi connectivity index (χ3n) is 2.53. The van der Waals surface area contributed by atoms with Crippen LogP contribution in [-0.4, -0.2) is 20.0 Å². The molecule has 0 unspecified atom stereocenters. The molecular formula is C13H9BrN4. The molecule has 1 aromatic carbocycles. The van der Waals surface area contributed by atoms with Crippen LogP contribution in [0, 0.1) is 0 Å². The van der Waals surface area contributed by atoms with Gasteiger partial charge in [0, 0.05) is 0 Å². The first-order valence-corrected chi connectivity index (χ1v) is 6.23. The lowest BCUT2D eigenvalue weighted by Crippen LogP contribution is -1.99. The lowest BCUT2D eigenvalue weighted by atomic mass is 10.2. The van der Waals surface area contributed by atoms with Gasteiger partial charge in [-0.15, -0.1) is 5.10 Å². The minimum absolute atomic E-state index is 0.792. The summed E-state index contributed by atoms with van der Waals surface area (Å²) in [6.45, 7) is 0. The molecule has 0 amide bonds. The van der Waals surface area contributed by atoms with E-state index in [1.165, 1.54) is 0 Å². The van der Waals surface area contributed by atoms with E-state index >= 15 is 0 Å². The smallest absolute Gasteiger partial charge is 0.113 e. The molecule has 5 heteroatoms. The number of rotatable bonds is 2. The third-order valence-corrected chi connectivity index (χ3v) is 2.97. The Balaban J connectivity index is 2.13. The van der Waals surface area contributed by atoms with Crippen LogP contribution in [0.25, 0.3) is 17.1 Å². The molecule has 0 saturated carbocycles. The Hall–Kier alpha value is -2.01. The molecule has 0 bridgehead atoms. The van der Waals surface area contributed by atoms with Crippen molar-refractivity contribution in [3.05, 3.63) is 59.3 Å². The minimum Gasteiger partial charge on any atom is -0.239 e. The number of para-hydroxylation sites is 1. The molecular weight excluding hydrogens is 292 g/mol. The van der Waals surface area contributed by atoms with E-state index in [9.17, 15) is 0 Å². The van der Waals surface area contributed by atoms with Crippen molar-refractivity contribution in [1.82, 2.24) is 20.0 Å². The normalized spacial score (nSPS) is 10.5. The second-order valence-electron chi connectivity index (χ2n) is 3.71. The van der Waals surface area contributed by atoms with Gasteiger partial charge < -0.3 is 0 Å². The topological polar surface area (TPSA) is 43.6 Å². The summed E-state index contributed by atoms with van der Waals surface area (Å²) in [6, 6.07) is 15.6. The molecule has 18 heavy (non-hydrogen) atoms. The van der Waals surface area contributed by atoms with Crippen molar-refractivity contribution in [2.24, 2.45) is 0 Å². The van der Waals surface area contributed by atoms with Crippen molar-refractivity contribution in [1.29, 1.82) is 0 Å². The summed E-state index contributed by atoms with van der Waals surface area (Å²) >= 11 is 3.37. The SMILES string of the molecule is Brc1cccc(-c2cnnn2-c2ccccc2)n1. The van der Waals surface area contributed by atoms with Gasteiger partial charge in [-0.05, 0) is 40.2 Å². The monoisotopic (exact) mass is 300 g/mol. The molecule has 0 aliphatic carbocycles. The molecule has 0 spiro atoms. The molecule has 0 saturated heterocycles. The summed E-state index contributed by atoms with van der Waals surface area (Å²) in [5, 5.41) is 8.07. The Labute approximate surface area is 112 Å². The summed E-state index contributed by atoms with van der Waals surface area (Å²) in [7, 11) is 0. The molecule has 3 aromatic rings. The Morgan fingerprint density at radius 3 is 2.56 bits per heavy atom. The van der Waals surface area contributed by atoms with E-state index in [4.69, 9.17) is 0 Å². The van der Waals surface area contributed by atoms with E-state index in [1.54, 1.807) is 10.9 Å². The predicted octanol–water partition coefficient (Wildman–Crippen LogP) is 3.09. The van der Waals surface area contributed by atoms with Gasteiger partial charge in [-0.2, -0.15) is 0 Å². The molecule has 0 atom stereocenters.